The molecule has 1 aliphatic rings. The monoisotopic (exact) mass is 338 g/mol. The minimum Gasteiger partial charge on any atom is -0.368 e. The van der Waals surface area contributed by atoms with E-state index < -0.39 is 6.04 Å². The quantitative estimate of drug-likeness (QED) is 0.919. The topological polar surface area (TPSA) is 65.5 Å². The fraction of sp³-hybridized carbons (Fsp3) is 0.316. The first-order chi connectivity index (χ1) is 12.1. The minimum atomic E-state index is -0.559. The number of carbonyl (C=O) groups excluding carboxylic acids is 2. The molecule has 130 valence electrons. The largest absolute Gasteiger partial charge is 0.368 e. The third-order valence-electron chi connectivity index (χ3n) is 4.35. The van der Waals surface area contributed by atoms with Crippen LogP contribution in [-0.4, -0.2) is 53.9 Å². The van der Waals surface area contributed by atoms with E-state index in [1.54, 1.807) is 25.3 Å². The van der Waals surface area contributed by atoms with Crippen LogP contribution in [0.4, 0.5) is 5.69 Å². The van der Waals surface area contributed by atoms with E-state index in [0.29, 0.717) is 18.7 Å². The lowest BCUT2D eigenvalue weighted by Gasteiger charge is -2.37. The molecule has 25 heavy (non-hydrogen) atoms. The first kappa shape index (κ1) is 17.0. The normalized spacial score (nSPS) is 15.6. The average Bonchev–Trinajstić information content (AvgIpc) is 2.69. The van der Waals surface area contributed by atoms with Crippen molar-refractivity contribution in [2.24, 2.45) is 0 Å². The van der Waals surface area contributed by atoms with E-state index in [-0.39, 0.29) is 11.8 Å². The van der Waals surface area contributed by atoms with Crippen molar-refractivity contribution in [2.75, 3.05) is 31.1 Å². The number of amides is 2. The maximum atomic E-state index is 12.6. The number of hydrogen-bond donors (Lipinski definition) is 1. The van der Waals surface area contributed by atoms with Crippen LogP contribution >= 0.6 is 0 Å². The number of benzene rings is 1. The molecule has 2 heterocycles. The van der Waals surface area contributed by atoms with Crippen molar-refractivity contribution in [1.82, 2.24) is 15.2 Å². The molecule has 1 fully saturated rings. The summed E-state index contributed by atoms with van der Waals surface area (Å²) in [5, 5.41) is 2.75. The Balaban J connectivity index is 1.53. The summed E-state index contributed by atoms with van der Waals surface area (Å²) in [6, 6.07) is 13.0. The van der Waals surface area contributed by atoms with Crippen LogP contribution in [0, 0.1) is 0 Å². The maximum absolute atomic E-state index is 12.6. The van der Waals surface area contributed by atoms with Crippen molar-refractivity contribution in [3.8, 4) is 0 Å². The highest BCUT2D eigenvalue weighted by atomic mass is 16.2. The summed E-state index contributed by atoms with van der Waals surface area (Å²) >= 11 is 0. The fourth-order valence-electron chi connectivity index (χ4n) is 2.94. The van der Waals surface area contributed by atoms with E-state index in [0.717, 1.165) is 13.1 Å². The molecular formula is C19H22N4O2. The number of nitrogens with one attached hydrogen (secondary N) is 1. The molecule has 6 nitrogen and oxygen atoms in total. The van der Waals surface area contributed by atoms with Gasteiger partial charge in [-0.3, -0.25) is 14.6 Å². The van der Waals surface area contributed by atoms with Gasteiger partial charge in [0, 0.05) is 44.3 Å². The molecule has 0 unspecified atom stereocenters. The molecule has 1 aliphatic heterocycles. The van der Waals surface area contributed by atoms with Gasteiger partial charge >= 0.3 is 0 Å². The lowest BCUT2D eigenvalue weighted by molar-refractivity contribution is -0.133. The molecule has 1 aromatic heterocycles. The summed E-state index contributed by atoms with van der Waals surface area (Å²) in [6.45, 7) is 4.61. The van der Waals surface area contributed by atoms with Crippen LogP contribution in [0.25, 0.3) is 0 Å². The second-order valence-corrected chi connectivity index (χ2v) is 6.08. The molecule has 0 radical (unpaired) electrons. The van der Waals surface area contributed by atoms with Crippen molar-refractivity contribution in [3.63, 3.8) is 0 Å². The molecule has 1 saturated heterocycles. The predicted octanol–water partition coefficient (Wildman–Crippen LogP) is 1.55. The number of aromatic nitrogens is 1. The SMILES string of the molecule is C[C@@H](NC(=O)c1cccnc1)C(=O)N1CCN(c2ccccc2)CC1. The molecule has 1 N–H and O–H groups in total. The number of anilines is 1. The summed E-state index contributed by atoms with van der Waals surface area (Å²) in [5.41, 5.74) is 1.63. The van der Waals surface area contributed by atoms with Crippen LogP contribution < -0.4 is 10.2 Å². The number of pyridine rings is 1. The van der Waals surface area contributed by atoms with Gasteiger partial charge in [-0.05, 0) is 31.2 Å². The molecule has 2 aromatic rings. The Labute approximate surface area is 147 Å². The molecule has 1 atom stereocenters. The van der Waals surface area contributed by atoms with Gasteiger partial charge in [0.15, 0.2) is 0 Å². The lowest BCUT2D eigenvalue weighted by atomic mass is 10.2. The van der Waals surface area contributed by atoms with E-state index in [1.165, 1.54) is 11.9 Å². The van der Waals surface area contributed by atoms with Crippen LogP contribution in [0.15, 0.2) is 54.9 Å². The van der Waals surface area contributed by atoms with E-state index in [9.17, 15) is 9.59 Å². The van der Waals surface area contributed by atoms with Gasteiger partial charge in [-0.25, -0.2) is 0 Å². The fourth-order valence-corrected chi connectivity index (χ4v) is 2.94. The Morgan fingerprint density at radius 1 is 1.04 bits per heavy atom. The second kappa shape index (κ2) is 7.79. The van der Waals surface area contributed by atoms with Gasteiger partial charge in [0.25, 0.3) is 5.91 Å². The van der Waals surface area contributed by atoms with Crippen molar-refractivity contribution in [3.05, 3.63) is 60.4 Å². The van der Waals surface area contributed by atoms with Gasteiger partial charge in [0.1, 0.15) is 6.04 Å². The first-order valence-electron chi connectivity index (χ1n) is 8.45. The average molecular weight is 338 g/mol. The molecular weight excluding hydrogens is 316 g/mol. The summed E-state index contributed by atoms with van der Waals surface area (Å²) in [4.78, 5) is 32.7. The maximum Gasteiger partial charge on any atom is 0.253 e. The lowest BCUT2D eigenvalue weighted by Crippen LogP contribution is -2.54. The van der Waals surface area contributed by atoms with E-state index >= 15 is 0 Å². The van der Waals surface area contributed by atoms with Crippen LogP contribution in [0.3, 0.4) is 0 Å². The number of piperazine rings is 1. The van der Waals surface area contributed by atoms with Crippen molar-refractivity contribution in [1.29, 1.82) is 0 Å². The minimum absolute atomic E-state index is 0.0510. The van der Waals surface area contributed by atoms with Gasteiger partial charge in [-0.2, -0.15) is 0 Å². The van der Waals surface area contributed by atoms with E-state index in [2.05, 4.69) is 27.3 Å². The van der Waals surface area contributed by atoms with Crippen molar-refractivity contribution < 1.29 is 9.59 Å². The Morgan fingerprint density at radius 3 is 2.40 bits per heavy atom. The highest BCUT2D eigenvalue weighted by Crippen LogP contribution is 2.15. The molecule has 1 aromatic carbocycles. The summed E-state index contributed by atoms with van der Waals surface area (Å²) < 4.78 is 0. The van der Waals surface area contributed by atoms with Gasteiger partial charge in [0.2, 0.25) is 5.91 Å². The number of rotatable bonds is 4. The van der Waals surface area contributed by atoms with Gasteiger partial charge in [0.05, 0.1) is 5.56 Å². The molecule has 6 heteroatoms. The first-order valence-corrected chi connectivity index (χ1v) is 8.45. The van der Waals surface area contributed by atoms with E-state index in [1.807, 2.05) is 23.1 Å². The predicted molar refractivity (Wildman–Crippen MR) is 96.4 cm³/mol. The zero-order valence-electron chi connectivity index (χ0n) is 14.3. The van der Waals surface area contributed by atoms with Crippen molar-refractivity contribution >= 4 is 17.5 Å². The molecule has 0 bridgehead atoms. The Kier molecular flexibility index (Phi) is 5.28. The summed E-state index contributed by atoms with van der Waals surface area (Å²) in [6.07, 6.45) is 3.10. The van der Waals surface area contributed by atoms with Crippen LogP contribution in [0.1, 0.15) is 17.3 Å². The molecule has 3 rings (SSSR count). The van der Waals surface area contributed by atoms with Crippen LogP contribution in [-0.2, 0) is 4.79 Å². The van der Waals surface area contributed by atoms with Gasteiger partial charge in [-0.15, -0.1) is 0 Å². The highest BCUT2D eigenvalue weighted by molar-refractivity contribution is 5.97. The van der Waals surface area contributed by atoms with Gasteiger partial charge in [-0.1, -0.05) is 18.2 Å². The molecule has 0 aliphatic carbocycles. The van der Waals surface area contributed by atoms with Crippen molar-refractivity contribution in [2.45, 2.75) is 13.0 Å². The Bertz CT molecular complexity index is 713. The smallest absolute Gasteiger partial charge is 0.253 e. The van der Waals surface area contributed by atoms with E-state index in [4.69, 9.17) is 0 Å². The van der Waals surface area contributed by atoms with Gasteiger partial charge < -0.3 is 15.1 Å². The highest BCUT2D eigenvalue weighted by Gasteiger charge is 2.26. The zero-order valence-corrected chi connectivity index (χ0v) is 14.3. The third kappa shape index (κ3) is 4.15. The summed E-state index contributed by atoms with van der Waals surface area (Å²) in [5.74, 6) is -0.332. The third-order valence-corrected chi connectivity index (χ3v) is 4.35. The van der Waals surface area contributed by atoms with Crippen LogP contribution in [0.2, 0.25) is 0 Å². The molecule has 0 spiro atoms. The molecule has 0 saturated carbocycles. The Hall–Kier alpha value is -2.89. The number of para-hydroxylation sites is 1. The van der Waals surface area contributed by atoms with Crippen LogP contribution in [0.5, 0.6) is 0 Å². The molecule has 2 amide bonds. The summed E-state index contributed by atoms with van der Waals surface area (Å²) in [7, 11) is 0. The Morgan fingerprint density at radius 2 is 1.76 bits per heavy atom. The number of nitrogens with zero attached hydrogens (tertiary/aromatic N) is 3. The standard InChI is InChI=1S/C19H22N4O2/c1-15(21-18(24)16-6-5-9-20-14-16)19(25)23-12-10-22(11-13-23)17-7-3-2-4-8-17/h2-9,14-15H,10-13H2,1H3,(H,21,24)/t15-/m1/s1. The number of hydrogen-bond acceptors (Lipinski definition) is 4. The second-order valence-electron chi connectivity index (χ2n) is 6.08. The number of carbonyl (C=O) groups is 2. The zero-order chi connectivity index (χ0) is 17.6.